The molecule has 0 fully saturated rings. The van der Waals surface area contributed by atoms with Gasteiger partial charge in [-0.15, -0.1) is 0 Å². The van der Waals surface area contributed by atoms with Crippen molar-refractivity contribution in [3.63, 3.8) is 0 Å². The molecule has 1 aromatic heterocycles. The molecule has 3 aromatic rings. The Kier molecular flexibility index (Phi) is 5.15. The monoisotopic (exact) mass is 402 g/mol. The molecule has 0 atom stereocenters. The first kappa shape index (κ1) is 19.5. The lowest BCUT2D eigenvalue weighted by Crippen LogP contribution is -2.27. The van der Waals surface area contributed by atoms with Crippen LogP contribution in [0.2, 0.25) is 0 Å². The molecule has 7 heteroatoms. The van der Waals surface area contributed by atoms with Gasteiger partial charge >= 0.3 is 0 Å². The van der Waals surface area contributed by atoms with Gasteiger partial charge in [0.05, 0.1) is 36.7 Å². The fourth-order valence-electron chi connectivity index (χ4n) is 3.59. The Hall–Kier alpha value is -3.79. The van der Waals surface area contributed by atoms with E-state index in [-0.39, 0.29) is 23.3 Å². The highest BCUT2D eigenvalue weighted by atomic mass is 16.5. The highest BCUT2D eigenvalue weighted by Gasteiger charge is 2.32. The minimum absolute atomic E-state index is 0.126. The van der Waals surface area contributed by atoms with Crippen LogP contribution in [-0.2, 0) is 13.1 Å². The number of carbonyl (C=O) groups excluding carboxylic acids is 1. The minimum atomic E-state index is -0.246. The van der Waals surface area contributed by atoms with Crippen molar-refractivity contribution in [2.24, 2.45) is 0 Å². The average Bonchev–Trinajstić information content (AvgIpc) is 3.32. The molecule has 0 saturated carbocycles. The smallest absolute Gasteiger partial charge is 0.262 e. The topological polar surface area (TPSA) is 80.4 Å². The highest BCUT2D eigenvalue weighted by Crippen LogP contribution is 2.36. The Morgan fingerprint density at radius 3 is 2.57 bits per heavy atom. The van der Waals surface area contributed by atoms with E-state index < -0.39 is 0 Å². The molecule has 152 valence electrons. The van der Waals surface area contributed by atoms with Gasteiger partial charge < -0.3 is 14.4 Å². The van der Waals surface area contributed by atoms with Gasteiger partial charge in [-0.3, -0.25) is 4.79 Å². The van der Waals surface area contributed by atoms with Gasteiger partial charge in [-0.2, -0.15) is 10.4 Å². The quantitative estimate of drug-likeness (QED) is 0.650. The van der Waals surface area contributed by atoms with E-state index in [1.54, 1.807) is 17.0 Å². The molecule has 0 unspecified atom stereocenters. The fourth-order valence-corrected chi connectivity index (χ4v) is 3.59. The molecule has 0 bridgehead atoms. The summed E-state index contributed by atoms with van der Waals surface area (Å²) in [6.45, 7) is 4.59. The van der Waals surface area contributed by atoms with Crippen LogP contribution < -0.4 is 9.47 Å². The van der Waals surface area contributed by atoms with E-state index in [1.165, 1.54) is 7.11 Å². The van der Waals surface area contributed by atoms with Gasteiger partial charge in [-0.05, 0) is 38.1 Å². The second kappa shape index (κ2) is 7.91. The molecule has 2 aromatic carbocycles. The average molecular weight is 402 g/mol. The Labute approximate surface area is 175 Å². The summed E-state index contributed by atoms with van der Waals surface area (Å²) in [5.74, 6) is 0.396. The molecule has 1 aliphatic rings. The van der Waals surface area contributed by atoms with Crippen LogP contribution in [-0.4, -0.2) is 33.8 Å². The van der Waals surface area contributed by atoms with E-state index in [4.69, 9.17) is 9.47 Å². The first-order chi connectivity index (χ1) is 14.5. The Balaban J connectivity index is 1.65. The van der Waals surface area contributed by atoms with Crippen LogP contribution in [0.15, 0.2) is 48.7 Å². The van der Waals surface area contributed by atoms with Crippen molar-refractivity contribution in [3.05, 3.63) is 71.0 Å². The molecule has 0 aliphatic carbocycles. The molecule has 2 heterocycles. The number of hydrogen-bond donors (Lipinski definition) is 0. The van der Waals surface area contributed by atoms with Crippen molar-refractivity contribution in [1.82, 2.24) is 14.7 Å². The van der Waals surface area contributed by atoms with Crippen LogP contribution in [0.5, 0.6) is 11.5 Å². The third-order valence-electron chi connectivity index (χ3n) is 4.91. The number of carbonyl (C=O) groups is 1. The Morgan fingerprint density at radius 1 is 1.17 bits per heavy atom. The van der Waals surface area contributed by atoms with Crippen molar-refractivity contribution < 1.29 is 14.3 Å². The lowest BCUT2D eigenvalue weighted by atomic mass is 10.1. The van der Waals surface area contributed by atoms with E-state index in [0.717, 1.165) is 16.9 Å². The van der Waals surface area contributed by atoms with Crippen LogP contribution >= 0.6 is 0 Å². The van der Waals surface area contributed by atoms with E-state index in [9.17, 15) is 10.1 Å². The molecular formula is C23H22N4O3. The van der Waals surface area contributed by atoms with Gasteiger partial charge in [0, 0.05) is 18.3 Å². The van der Waals surface area contributed by atoms with Crippen molar-refractivity contribution in [2.45, 2.75) is 33.0 Å². The molecule has 1 amide bonds. The first-order valence-electron chi connectivity index (χ1n) is 9.71. The number of fused-ring (bicyclic) bond motifs is 1. The van der Waals surface area contributed by atoms with Crippen LogP contribution in [0.4, 0.5) is 0 Å². The number of nitriles is 1. The number of ether oxygens (including phenoxy) is 2. The van der Waals surface area contributed by atoms with Crippen molar-refractivity contribution in [2.75, 3.05) is 7.11 Å². The first-order valence-corrected chi connectivity index (χ1v) is 9.71. The lowest BCUT2D eigenvalue weighted by molar-refractivity contribution is 0.0739. The zero-order valence-corrected chi connectivity index (χ0v) is 17.1. The Bertz CT molecular complexity index is 1110. The summed E-state index contributed by atoms with van der Waals surface area (Å²) < 4.78 is 13.1. The standard InChI is InChI=1S/C23H22N4O3/c1-15(2)30-20-10-9-16(11-24)22(29-3)21(20)23(28)26-12-17-13-27(25-19(17)14-26)18-7-5-4-6-8-18/h4-10,13,15H,12,14H2,1-3H3. The molecule has 0 radical (unpaired) electrons. The number of hydrogen-bond acceptors (Lipinski definition) is 5. The van der Waals surface area contributed by atoms with Crippen LogP contribution in [0, 0.1) is 11.3 Å². The predicted molar refractivity (Wildman–Crippen MR) is 111 cm³/mol. The maximum absolute atomic E-state index is 13.4. The zero-order chi connectivity index (χ0) is 21.3. The summed E-state index contributed by atoms with van der Waals surface area (Å²) in [6, 6.07) is 15.2. The van der Waals surface area contributed by atoms with Gasteiger partial charge in [-0.25, -0.2) is 4.68 Å². The van der Waals surface area contributed by atoms with Crippen molar-refractivity contribution in [1.29, 1.82) is 5.26 Å². The number of rotatable bonds is 5. The van der Waals surface area contributed by atoms with Crippen LogP contribution in [0.1, 0.15) is 41.0 Å². The summed E-state index contributed by atoms with van der Waals surface area (Å²) in [5, 5.41) is 14.1. The third-order valence-corrected chi connectivity index (χ3v) is 4.91. The number of aromatic nitrogens is 2. The number of nitrogens with zero attached hydrogens (tertiary/aromatic N) is 4. The fraction of sp³-hybridized carbons (Fsp3) is 0.261. The summed E-state index contributed by atoms with van der Waals surface area (Å²) in [7, 11) is 1.45. The molecule has 1 aliphatic heterocycles. The van der Waals surface area contributed by atoms with Crippen molar-refractivity contribution in [3.8, 4) is 23.3 Å². The maximum atomic E-state index is 13.4. The van der Waals surface area contributed by atoms with Gasteiger partial charge in [0.15, 0.2) is 5.75 Å². The molecular weight excluding hydrogens is 380 g/mol. The second-order valence-electron chi connectivity index (χ2n) is 7.34. The number of amides is 1. The highest BCUT2D eigenvalue weighted by molar-refractivity contribution is 6.00. The zero-order valence-electron chi connectivity index (χ0n) is 17.1. The van der Waals surface area contributed by atoms with E-state index in [0.29, 0.717) is 24.4 Å². The molecule has 0 N–H and O–H groups in total. The maximum Gasteiger partial charge on any atom is 0.262 e. The molecule has 30 heavy (non-hydrogen) atoms. The predicted octanol–water partition coefficient (Wildman–Crippen LogP) is 3.70. The summed E-state index contributed by atoms with van der Waals surface area (Å²) in [5.41, 5.74) is 3.39. The van der Waals surface area contributed by atoms with Gasteiger partial charge in [-0.1, -0.05) is 18.2 Å². The summed E-state index contributed by atoms with van der Waals surface area (Å²) in [6.07, 6.45) is 1.82. The van der Waals surface area contributed by atoms with Gasteiger partial charge in [0.25, 0.3) is 5.91 Å². The lowest BCUT2D eigenvalue weighted by Gasteiger charge is -2.21. The molecule has 4 rings (SSSR count). The summed E-state index contributed by atoms with van der Waals surface area (Å²) in [4.78, 5) is 15.1. The molecule has 0 spiro atoms. The van der Waals surface area contributed by atoms with Gasteiger partial charge in [0.1, 0.15) is 17.4 Å². The number of benzene rings is 2. The second-order valence-corrected chi connectivity index (χ2v) is 7.34. The van der Waals surface area contributed by atoms with E-state index >= 15 is 0 Å². The van der Waals surface area contributed by atoms with Crippen LogP contribution in [0.3, 0.4) is 0 Å². The molecule has 7 nitrogen and oxygen atoms in total. The van der Waals surface area contributed by atoms with Gasteiger partial charge in [0.2, 0.25) is 0 Å². The summed E-state index contributed by atoms with van der Waals surface area (Å²) >= 11 is 0. The minimum Gasteiger partial charge on any atom is -0.494 e. The largest absolute Gasteiger partial charge is 0.494 e. The van der Waals surface area contributed by atoms with Crippen molar-refractivity contribution >= 4 is 5.91 Å². The SMILES string of the molecule is COc1c(C#N)ccc(OC(C)C)c1C(=O)N1Cc2cn(-c3ccccc3)nc2C1. The Morgan fingerprint density at radius 2 is 1.93 bits per heavy atom. The van der Waals surface area contributed by atoms with E-state index in [1.807, 2.05) is 55.1 Å². The number of methoxy groups -OCH3 is 1. The molecule has 0 saturated heterocycles. The van der Waals surface area contributed by atoms with E-state index in [2.05, 4.69) is 11.2 Å². The third kappa shape index (κ3) is 3.48. The van der Waals surface area contributed by atoms with Crippen LogP contribution in [0.25, 0.3) is 5.69 Å². The normalized spacial score (nSPS) is 12.6. The number of para-hydroxylation sites is 1.